The first-order valence-electron chi connectivity index (χ1n) is 8.01. The van der Waals surface area contributed by atoms with E-state index >= 15 is 0 Å². The Morgan fingerprint density at radius 3 is 2.35 bits per heavy atom. The number of nitrogen functional groups attached to an aromatic ring is 1. The zero-order chi connectivity index (χ0) is 13.7. The second-order valence-corrected chi connectivity index (χ2v) is 7.13. The minimum Gasteiger partial charge on any atom is -0.384 e. The Morgan fingerprint density at radius 1 is 1.10 bits per heavy atom. The number of hydrogen-bond acceptors (Lipinski definition) is 4. The van der Waals surface area contributed by atoms with Crippen LogP contribution in [0, 0.1) is 23.7 Å². The van der Waals surface area contributed by atoms with E-state index in [-0.39, 0.29) is 0 Å². The Kier molecular flexibility index (Phi) is 2.95. The fourth-order valence-electron chi connectivity index (χ4n) is 5.31. The maximum atomic E-state index is 6.00. The smallest absolute Gasteiger partial charge is 0.134 e. The summed E-state index contributed by atoms with van der Waals surface area (Å²) in [5.41, 5.74) is 7.04. The summed E-state index contributed by atoms with van der Waals surface area (Å²) in [7, 11) is 1.95. The van der Waals surface area contributed by atoms with E-state index in [1.165, 1.54) is 32.1 Å². The van der Waals surface area contributed by atoms with Gasteiger partial charge in [0.2, 0.25) is 0 Å². The first-order chi connectivity index (χ1) is 9.72. The molecule has 4 bridgehead atoms. The van der Waals surface area contributed by atoms with Crippen molar-refractivity contribution in [2.75, 3.05) is 12.8 Å². The molecule has 0 spiro atoms. The Labute approximate surface area is 120 Å². The minimum absolute atomic E-state index is 0.571. The number of rotatable bonds is 3. The number of nitrogens with one attached hydrogen (secondary N) is 1. The highest BCUT2D eigenvalue weighted by atomic mass is 15.0. The van der Waals surface area contributed by atoms with Gasteiger partial charge in [0.1, 0.15) is 11.6 Å². The number of hydrogen-bond donors (Lipinski definition) is 2. The van der Waals surface area contributed by atoms with Crippen LogP contribution in [0.3, 0.4) is 0 Å². The number of anilines is 1. The second kappa shape index (κ2) is 4.69. The van der Waals surface area contributed by atoms with E-state index in [0.717, 1.165) is 41.7 Å². The lowest BCUT2D eigenvalue weighted by Crippen LogP contribution is -2.44. The lowest BCUT2D eigenvalue weighted by atomic mass is 9.51. The van der Waals surface area contributed by atoms with E-state index in [1.54, 1.807) is 0 Å². The molecule has 4 saturated carbocycles. The minimum atomic E-state index is 0.571. The van der Waals surface area contributed by atoms with Gasteiger partial charge >= 0.3 is 0 Å². The van der Waals surface area contributed by atoms with Gasteiger partial charge in [-0.3, -0.25) is 0 Å². The zero-order valence-corrected chi connectivity index (χ0v) is 12.2. The molecule has 4 aliphatic carbocycles. The van der Waals surface area contributed by atoms with Crippen molar-refractivity contribution in [3.63, 3.8) is 0 Å². The normalized spacial score (nSPS) is 38.4. The molecule has 20 heavy (non-hydrogen) atoms. The predicted molar refractivity (Wildman–Crippen MR) is 79.0 cm³/mol. The third-order valence-electron chi connectivity index (χ3n) is 5.70. The molecular formula is C16H24N4. The summed E-state index contributed by atoms with van der Waals surface area (Å²) in [5, 5.41) is 3.16. The summed E-state index contributed by atoms with van der Waals surface area (Å²) < 4.78 is 0. The highest BCUT2D eigenvalue weighted by Crippen LogP contribution is 2.59. The largest absolute Gasteiger partial charge is 0.384 e. The standard InChI is InChI=1S/C16H24N4/c1-18-8-13-7-14(17)20-16(19-13)15-11-3-9-2-10(5-11)6-12(15)4-9/h7,9-12,15,18H,2-6,8H2,1H3,(H2,17,19,20). The summed E-state index contributed by atoms with van der Waals surface area (Å²) in [5.74, 6) is 5.85. The molecule has 5 rings (SSSR count). The van der Waals surface area contributed by atoms with Gasteiger partial charge in [-0.15, -0.1) is 0 Å². The van der Waals surface area contributed by atoms with Gasteiger partial charge in [0.05, 0.1) is 5.69 Å². The summed E-state index contributed by atoms with van der Waals surface area (Å²) in [6.07, 6.45) is 7.09. The molecule has 4 aliphatic rings. The number of aromatic nitrogens is 2. The molecule has 0 unspecified atom stereocenters. The maximum absolute atomic E-state index is 6.00. The van der Waals surface area contributed by atoms with Gasteiger partial charge < -0.3 is 11.1 Å². The molecule has 1 heterocycles. The van der Waals surface area contributed by atoms with E-state index in [2.05, 4.69) is 10.3 Å². The van der Waals surface area contributed by atoms with Crippen molar-refractivity contribution in [2.24, 2.45) is 23.7 Å². The predicted octanol–water partition coefficient (Wildman–Crippen LogP) is 2.32. The van der Waals surface area contributed by atoms with Crippen LogP contribution >= 0.6 is 0 Å². The van der Waals surface area contributed by atoms with Crippen LogP contribution in [0.2, 0.25) is 0 Å². The molecule has 0 aliphatic heterocycles. The molecule has 0 amide bonds. The lowest BCUT2D eigenvalue weighted by molar-refractivity contribution is -0.00566. The van der Waals surface area contributed by atoms with Gasteiger partial charge in [-0.05, 0) is 62.8 Å². The van der Waals surface area contributed by atoms with Gasteiger partial charge in [-0.25, -0.2) is 9.97 Å². The van der Waals surface area contributed by atoms with E-state index < -0.39 is 0 Å². The molecule has 4 fully saturated rings. The van der Waals surface area contributed by atoms with Crippen molar-refractivity contribution in [1.29, 1.82) is 0 Å². The summed E-state index contributed by atoms with van der Waals surface area (Å²) in [4.78, 5) is 9.42. The molecular weight excluding hydrogens is 248 g/mol. The van der Waals surface area contributed by atoms with E-state index in [0.29, 0.717) is 11.7 Å². The average Bonchev–Trinajstić information content (AvgIpc) is 2.37. The third-order valence-corrected chi connectivity index (χ3v) is 5.70. The number of nitrogens with two attached hydrogens (primary N) is 1. The van der Waals surface area contributed by atoms with E-state index in [9.17, 15) is 0 Å². The van der Waals surface area contributed by atoms with Crippen LogP contribution in [-0.2, 0) is 6.54 Å². The topological polar surface area (TPSA) is 63.8 Å². The maximum Gasteiger partial charge on any atom is 0.134 e. The van der Waals surface area contributed by atoms with Crippen molar-refractivity contribution in [3.05, 3.63) is 17.6 Å². The van der Waals surface area contributed by atoms with Gasteiger partial charge in [-0.2, -0.15) is 0 Å². The van der Waals surface area contributed by atoms with Crippen LogP contribution in [0.5, 0.6) is 0 Å². The van der Waals surface area contributed by atoms with Gasteiger partial charge in [0, 0.05) is 18.5 Å². The first kappa shape index (κ1) is 12.6. The highest BCUT2D eigenvalue weighted by Gasteiger charge is 2.49. The Morgan fingerprint density at radius 2 is 1.75 bits per heavy atom. The van der Waals surface area contributed by atoms with Crippen LogP contribution in [0.15, 0.2) is 6.07 Å². The van der Waals surface area contributed by atoms with Crippen LogP contribution < -0.4 is 11.1 Å². The fourth-order valence-corrected chi connectivity index (χ4v) is 5.31. The molecule has 4 heteroatoms. The van der Waals surface area contributed by atoms with E-state index in [1.807, 2.05) is 13.1 Å². The second-order valence-electron chi connectivity index (χ2n) is 7.13. The van der Waals surface area contributed by atoms with Crippen LogP contribution in [0.25, 0.3) is 0 Å². The quantitative estimate of drug-likeness (QED) is 0.886. The zero-order valence-electron chi connectivity index (χ0n) is 12.2. The van der Waals surface area contributed by atoms with Crippen molar-refractivity contribution in [1.82, 2.24) is 15.3 Å². The Hall–Kier alpha value is -1.16. The number of nitrogens with zero attached hydrogens (tertiary/aromatic N) is 2. The molecule has 0 saturated heterocycles. The molecule has 3 N–H and O–H groups in total. The third kappa shape index (κ3) is 2.01. The van der Waals surface area contributed by atoms with Gasteiger partial charge in [-0.1, -0.05) is 0 Å². The molecule has 1 aromatic rings. The van der Waals surface area contributed by atoms with Gasteiger partial charge in [0.25, 0.3) is 0 Å². The summed E-state index contributed by atoms with van der Waals surface area (Å²) >= 11 is 0. The van der Waals surface area contributed by atoms with E-state index in [4.69, 9.17) is 10.7 Å². The van der Waals surface area contributed by atoms with Crippen LogP contribution in [-0.4, -0.2) is 17.0 Å². The molecule has 1 aromatic heterocycles. The summed E-state index contributed by atoms with van der Waals surface area (Å²) in [6.45, 7) is 0.771. The molecule has 108 valence electrons. The first-order valence-corrected chi connectivity index (χ1v) is 8.01. The van der Waals surface area contributed by atoms with Crippen LogP contribution in [0.1, 0.15) is 49.5 Å². The Balaban J connectivity index is 1.67. The molecule has 0 aromatic carbocycles. The molecule has 4 nitrogen and oxygen atoms in total. The van der Waals surface area contributed by atoms with Crippen LogP contribution in [0.4, 0.5) is 5.82 Å². The van der Waals surface area contributed by atoms with Crippen molar-refractivity contribution in [3.8, 4) is 0 Å². The molecule has 0 atom stereocenters. The SMILES string of the molecule is CNCc1cc(N)nc(C2C3CC4CC(C3)CC2C4)n1. The van der Waals surface area contributed by atoms with Crippen molar-refractivity contribution in [2.45, 2.75) is 44.6 Å². The monoisotopic (exact) mass is 272 g/mol. The van der Waals surface area contributed by atoms with Gasteiger partial charge in [0.15, 0.2) is 0 Å². The average molecular weight is 272 g/mol. The fraction of sp³-hybridized carbons (Fsp3) is 0.750. The van der Waals surface area contributed by atoms with Crippen molar-refractivity contribution < 1.29 is 0 Å². The Bertz CT molecular complexity index is 485. The molecule has 0 radical (unpaired) electrons. The summed E-state index contributed by atoms with van der Waals surface area (Å²) in [6, 6.07) is 1.90. The lowest BCUT2D eigenvalue weighted by Gasteiger charge is -2.53. The highest BCUT2D eigenvalue weighted by molar-refractivity contribution is 5.31. The van der Waals surface area contributed by atoms with Crippen molar-refractivity contribution >= 4 is 5.82 Å².